The first-order valence-electron chi connectivity index (χ1n) is 6.88. The average molecular weight is 296 g/mol. The molecule has 1 fully saturated rings. The van der Waals surface area contributed by atoms with Crippen LogP contribution in [-0.2, 0) is 0 Å². The van der Waals surface area contributed by atoms with E-state index in [0.29, 0.717) is 12.1 Å². The number of amides is 1. The number of hydrogen-bond donors (Lipinski definition) is 1. The summed E-state index contributed by atoms with van der Waals surface area (Å²) in [7, 11) is 0. The molecule has 0 spiro atoms. The first-order valence-corrected chi connectivity index (χ1v) is 6.88. The van der Waals surface area contributed by atoms with Gasteiger partial charge in [0.25, 0.3) is 5.91 Å². The minimum absolute atomic E-state index is 0.0443. The third kappa shape index (κ3) is 3.54. The maximum Gasteiger partial charge on any atom is 0.252 e. The van der Waals surface area contributed by atoms with Crippen molar-refractivity contribution >= 4 is 5.91 Å². The number of hydrogen-bond acceptors (Lipinski definition) is 2. The molecule has 1 saturated carbocycles. The molecule has 1 aliphatic rings. The molecule has 1 aromatic carbocycles. The highest BCUT2D eigenvalue weighted by atomic mass is 19.2. The van der Waals surface area contributed by atoms with Crippen molar-refractivity contribution in [2.75, 3.05) is 0 Å². The van der Waals surface area contributed by atoms with Gasteiger partial charge in [0.05, 0.1) is 6.07 Å². The fourth-order valence-electron chi connectivity index (χ4n) is 2.63. The molecule has 0 radical (unpaired) electrons. The molecule has 1 unspecified atom stereocenters. The van der Waals surface area contributed by atoms with E-state index in [1.807, 2.05) is 6.07 Å². The van der Waals surface area contributed by atoms with E-state index in [2.05, 4.69) is 5.32 Å². The number of rotatable bonds is 3. The van der Waals surface area contributed by atoms with Crippen LogP contribution in [0.4, 0.5) is 13.2 Å². The summed E-state index contributed by atoms with van der Waals surface area (Å²) in [5.74, 6) is -5.19. The molecule has 0 aliphatic heterocycles. The molecule has 1 aromatic rings. The normalized spacial score (nSPS) is 17.0. The van der Waals surface area contributed by atoms with Gasteiger partial charge in [-0.15, -0.1) is 0 Å². The van der Waals surface area contributed by atoms with Crippen molar-refractivity contribution in [2.24, 2.45) is 5.92 Å². The lowest BCUT2D eigenvalue weighted by Gasteiger charge is -2.26. The van der Waals surface area contributed by atoms with E-state index in [9.17, 15) is 18.0 Å². The predicted molar refractivity (Wildman–Crippen MR) is 69.8 cm³/mol. The van der Waals surface area contributed by atoms with E-state index in [1.165, 1.54) is 0 Å². The molecule has 0 saturated heterocycles. The van der Waals surface area contributed by atoms with Crippen LogP contribution in [0.25, 0.3) is 0 Å². The largest absolute Gasteiger partial charge is 0.336 e. The van der Waals surface area contributed by atoms with Gasteiger partial charge >= 0.3 is 0 Å². The SMILES string of the molecule is N#CC(NC(=O)c1cc(F)c(F)c(F)c1)C1CCCCC1. The fourth-order valence-corrected chi connectivity index (χ4v) is 2.63. The van der Waals surface area contributed by atoms with Crippen LogP contribution in [-0.4, -0.2) is 11.9 Å². The van der Waals surface area contributed by atoms with E-state index < -0.39 is 29.4 Å². The van der Waals surface area contributed by atoms with Crippen LogP contribution in [0, 0.1) is 34.7 Å². The van der Waals surface area contributed by atoms with Gasteiger partial charge in [-0.2, -0.15) is 5.26 Å². The highest BCUT2D eigenvalue weighted by Crippen LogP contribution is 2.26. The molecule has 0 heterocycles. The molecule has 3 nitrogen and oxygen atoms in total. The third-order valence-electron chi connectivity index (χ3n) is 3.79. The van der Waals surface area contributed by atoms with Crippen molar-refractivity contribution in [1.82, 2.24) is 5.32 Å². The van der Waals surface area contributed by atoms with Crippen molar-refractivity contribution in [1.29, 1.82) is 5.26 Å². The van der Waals surface area contributed by atoms with Crippen molar-refractivity contribution in [3.05, 3.63) is 35.1 Å². The second-order valence-corrected chi connectivity index (χ2v) is 5.23. The zero-order chi connectivity index (χ0) is 15.4. The Bertz CT molecular complexity index is 554. The topological polar surface area (TPSA) is 52.9 Å². The van der Waals surface area contributed by atoms with Crippen LogP contribution < -0.4 is 5.32 Å². The Labute approximate surface area is 120 Å². The van der Waals surface area contributed by atoms with Crippen LogP contribution in [0.1, 0.15) is 42.5 Å². The van der Waals surface area contributed by atoms with Crippen molar-refractivity contribution < 1.29 is 18.0 Å². The van der Waals surface area contributed by atoms with Crippen LogP contribution >= 0.6 is 0 Å². The number of carbonyl (C=O) groups is 1. The Balaban J connectivity index is 2.11. The van der Waals surface area contributed by atoms with Gasteiger partial charge in [-0.1, -0.05) is 19.3 Å². The van der Waals surface area contributed by atoms with E-state index in [1.54, 1.807) is 0 Å². The Morgan fingerprint density at radius 2 is 1.76 bits per heavy atom. The highest BCUT2D eigenvalue weighted by Gasteiger charge is 2.26. The molecule has 1 atom stereocenters. The van der Waals surface area contributed by atoms with E-state index in [-0.39, 0.29) is 11.5 Å². The molecule has 0 bridgehead atoms. The number of nitrogens with zero attached hydrogens (tertiary/aromatic N) is 1. The van der Waals surface area contributed by atoms with Gasteiger partial charge in [0.2, 0.25) is 0 Å². The monoisotopic (exact) mass is 296 g/mol. The zero-order valence-electron chi connectivity index (χ0n) is 11.3. The lowest BCUT2D eigenvalue weighted by atomic mass is 9.84. The summed E-state index contributed by atoms with van der Waals surface area (Å²) in [6.45, 7) is 0. The first kappa shape index (κ1) is 15.4. The summed E-state index contributed by atoms with van der Waals surface area (Å²) in [6.07, 6.45) is 4.78. The number of nitriles is 1. The molecule has 2 rings (SSSR count). The Kier molecular flexibility index (Phi) is 4.84. The van der Waals surface area contributed by atoms with Gasteiger partial charge in [0.15, 0.2) is 17.5 Å². The van der Waals surface area contributed by atoms with Gasteiger partial charge in [-0.05, 0) is 30.9 Å². The van der Waals surface area contributed by atoms with Crippen molar-refractivity contribution in [2.45, 2.75) is 38.1 Å². The quantitative estimate of drug-likeness (QED) is 0.870. The number of carbonyl (C=O) groups excluding carboxylic acids is 1. The smallest absolute Gasteiger partial charge is 0.252 e. The Morgan fingerprint density at radius 1 is 1.19 bits per heavy atom. The number of benzene rings is 1. The van der Waals surface area contributed by atoms with E-state index in [0.717, 1.165) is 32.1 Å². The predicted octanol–water partition coefficient (Wildman–Crippen LogP) is 3.31. The molecule has 21 heavy (non-hydrogen) atoms. The summed E-state index contributed by atoms with van der Waals surface area (Å²) < 4.78 is 39.1. The van der Waals surface area contributed by atoms with E-state index >= 15 is 0 Å². The minimum atomic E-state index is -1.62. The molecule has 6 heteroatoms. The standard InChI is InChI=1S/C15H15F3N2O/c16-11-6-10(7-12(17)14(11)18)15(21)20-13(8-19)9-4-2-1-3-5-9/h6-7,9,13H,1-5H2,(H,20,21). The number of nitrogens with one attached hydrogen (secondary N) is 1. The summed E-state index contributed by atoms with van der Waals surface area (Å²) in [5.41, 5.74) is -0.331. The van der Waals surface area contributed by atoms with Crippen LogP contribution in [0.5, 0.6) is 0 Å². The number of halogens is 3. The van der Waals surface area contributed by atoms with Crippen molar-refractivity contribution in [3.63, 3.8) is 0 Å². The molecule has 1 N–H and O–H groups in total. The minimum Gasteiger partial charge on any atom is -0.336 e. The Morgan fingerprint density at radius 3 is 2.29 bits per heavy atom. The maximum atomic E-state index is 13.1. The molecule has 0 aromatic heterocycles. The van der Waals surface area contributed by atoms with Gasteiger partial charge in [0, 0.05) is 5.56 Å². The van der Waals surface area contributed by atoms with Crippen molar-refractivity contribution in [3.8, 4) is 6.07 Å². The lowest BCUT2D eigenvalue weighted by molar-refractivity contribution is 0.0927. The molecule has 112 valence electrons. The summed E-state index contributed by atoms with van der Waals surface area (Å²) in [4.78, 5) is 12.0. The first-order chi connectivity index (χ1) is 10.0. The van der Waals surface area contributed by atoms with Gasteiger partial charge in [-0.3, -0.25) is 4.79 Å². The maximum absolute atomic E-state index is 13.1. The Hall–Kier alpha value is -2.03. The van der Waals surface area contributed by atoms with Gasteiger partial charge in [-0.25, -0.2) is 13.2 Å². The molecular formula is C15H15F3N2O. The summed E-state index contributed by atoms with van der Waals surface area (Å²) in [5, 5.41) is 11.6. The zero-order valence-corrected chi connectivity index (χ0v) is 11.3. The van der Waals surface area contributed by atoms with Crippen LogP contribution in [0.3, 0.4) is 0 Å². The van der Waals surface area contributed by atoms with Gasteiger partial charge < -0.3 is 5.32 Å². The summed E-state index contributed by atoms with van der Waals surface area (Å²) >= 11 is 0. The van der Waals surface area contributed by atoms with E-state index in [4.69, 9.17) is 5.26 Å². The fraction of sp³-hybridized carbons (Fsp3) is 0.467. The third-order valence-corrected chi connectivity index (χ3v) is 3.79. The molecule has 1 amide bonds. The molecular weight excluding hydrogens is 281 g/mol. The average Bonchev–Trinajstić information content (AvgIpc) is 2.50. The second kappa shape index (κ2) is 6.61. The second-order valence-electron chi connectivity index (χ2n) is 5.23. The van der Waals surface area contributed by atoms with Crippen LogP contribution in [0.2, 0.25) is 0 Å². The highest BCUT2D eigenvalue weighted by molar-refractivity contribution is 5.94. The van der Waals surface area contributed by atoms with Gasteiger partial charge in [0.1, 0.15) is 6.04 Å². The molecule has 1 aliphatic carbocycles. The summed E-state index contributed by atoms with van der Waals surface area (Å²) in [6, 6.07) is 2.58. The lowest BCUT2D eigenvalue weighted by Crippen LogP contribution is -2.40. The van der Waals surface area contributed by atoms with Crippen LogP contribution in [0.15, 0.2) is 12.1 Å².